The minimum Gasteiger partial charge on any atom is -0.480 e. The lowest BCUT2D eigenvalue weighted by Gasteiger charge is -2.15. The Kier molecular flexibility index (Phi) is 6.78. The Morgan fingerprint density at radius 2 is 1.83 bits per heavy atom. The Hall–Kier alpha value is -2.37. The van der Waals surface area contributed by atoms with Gasteiger partial charge in [0.05, 0.1) is 6.42 Å². The van der Waals surface area contributed by atoms with Gasteiger partial charge in [-0.25, -0.2) is 4.79 Å². The molecule has 0 aromatic heterocycles. The topological polar surface area (TPSA) is 92.7 Å². The van der Waals surface area contributed by atoms with Crippen LogP contribution in [-0.2, 0) is 25.7 Å². The number of carboxylic acids is 1. The molecule has 2 N–H and O–H groups in total. The number of carbonyl (C=O) groups excluding carboxylic acids is 2. The molecule has 24 heavy (non-hydrogen) atoms. The molecule has 1 atom stereocenters. The highest BCUT2D eigenvalue weighted by Gasteiger charge is 2.26. The summed E-state index contributed by atoms with van der Waals surface area (Å²) in [6.45, 7) is 0.0854. The molecule has 1 aromatic rings. The lowest BCUT2D eigenvalue weighted by atomic mass is 10.0. The molecule has 6 nitrogen and oxygen atoms in total. The highest BCUT2D eigenvalue weighted by molar-refractivity contribution is 5.87. The van der Waals surface area contributed by atoms with Crippen molar-refractivity contribution in [3.8, 4) is 0 Å². The predicted molar refractivity (Wildman–Crippen MR) is 87.0 cm³/mol. The molecular weight excluding hydrogens is 310 g/mol. The van der Waals surface area contributed by atoms with Gasteiger partial charge < -0.3 is 15.2 Å². The smallest absolute Gasteiger partial charge is 0.326 e. The number of rotatable bonds is 8. The fourth-order valence-corrected chi connectivity index (χ4v) is 2.89. The molecule has 0 bridgehead atoms. The molecule has 0 aliphatic heterocycles. The summed E-state index contributed by atoms with van der Waals surface area (Å²) >= 11 is 0. The van der Waals surface area contributed by atoms with Gasteiger partial charge >= 0.3 is 11.9 Å². The average Bonchev–Trinajstić information content (AvgIpc) is 3.06. The number of carboxylic acid groups (broad SMARTS) is 1. The number of amides is 1. The summed E-state index contributed by atoms with van der Waals surface area (Å²) in [5.41, 5.74) is 0.822. The molecule has 130 valence electrons. The van der Waals surface area contributed by atoms with Crippen LogP contribution in [0, 0.1) is 5.92 Å². The second-order valence-electron chi connectivity index (χ2n) is 6.16. The van der Waals surface area contributed by atoms with Crippen molar-refractivity contribution < 1.29 is 24.2 Å². The van der Waals surface area contributed by atoms with Gasteiger partial charge in [-0.3, -0.25) is 9.59 Å². The highest BCUT2D eigenvalue weighted by Crippen LogP contribution is 2.27. The fraction of sp³-hybridized carbons (Fsp3) is 0.500. The van der Waals surface area contributed by atoms with Crippen LogP contribution in [0.1, 0.15) is 44.1 Å². The molecule has 0 unspecified atom stereocenters. The van der Waals surface area contributed by atoms with E-state index in [0.29, 0.717) is 12.3 Å². The molecule has 6 heteroatoms. The van der Waals surface area contributed by atoms with Crippen molar-refractivity contribution in [1.82, 2.24) is 5.32 Å². The number of nitrogens with one attached hydrogen (secondary N) is 1. The van der Waals surface area contributed by atoms with E-state index in [1.54, 1.807) is 0 Å². The second kappa shape index (κ2) is 9.05. The first-order valence-electron chi connectivity index (χ1n) is 8.26. The molecule has 1 saturated carbocycles. The molecule has 0 spiro atoms. The number of carbonyl (C=O) groups is 3. The van der Waals surface area contributed by atoms with Gasteiger partial charge in [-0.05, 0) is 24.3 Å². The molecule has 1 amide bonds. The Morgan fingerprint density at radius 1 is 1.17 bits per heavy atom. The van der Waals surface area contributed by atoms with Crippen LogP contribution in [0.2, 0.25) is 0 Å². The van der Waals surface area contributed by atoms with Crippen LogP contribution >= 0.6 is 0 Å². The summed E-state index contributed by atoms with van der Waals surface area (Å²) in [6.07, 6.45) is 4.19. The van der Waals surface area contributed by atoms with Gasteiger partial charge in [0.2, 0.25) is 5.91 Å². The van der Waals surface area contributed by atoms with E-state index in [0.717, 1.165) is 31.2 Å². The summed E-state index contributed by atoms with van der Waals surface area (Å²) in [7, 11) is 0. The molecule has 1 aliphatic rings. The minimum atomic E-state index is -1.25. The Morgan fingerprint density at radius 3 is 2.46 bits per heavy atom. The van der Waals surface area contributed by atoms with Crippen molar-refractivity contribution in [3.63, 3.8) is 0 Å². The lowest BCUT2D eigenvalue weighted by molar-refractivity contribution is -0.151. The second-order valence-corrected chi connectivity index (χ2v) is 6.16. The normalized spacial score (nSPS) is 15.7. The first-order chi connectivity index (χ1) is 11.5. The van der Waals surface area contributed by atoms with Crippen molar-refractivity contribution in [2.75, 3.05) is 0 Å². The summed E-state index contributed by atoms with van der Waals surface area (Å²) < 4.78 is 5.07. The third-order valence-electron chi connectivity index (χ3n) is 4.20. The summed E-state index contributed by atoms with van der Waals surface area (Å²) in [6, 6.07) is 7.88. The SMILES string of the molecule is O=C(CC1CCCC1)N[C@H](CC(=O)OCc1ccccc1)C(=O)O. The van der Waals surface area contributed by atoms with Crippen molar-refractivity contribution in [3.05, 3.63) is 35.9 Å². The van der Waals surface area contributed by atoms with Gasteiger partial charge in [0.1, 0.15) is 12.6 Å². The van der Waals surface area contributed by atoms with E-state index >= 15 is 0 Å². The predicted octanol–water partition coefficient (Wildman–Crippen LogP) is 2.27. The fourth-order valence-electron chi connectivity index (χ4n) is 2.89. The molecule has 1 fully saturated rings. The van der Waals surface area contributed by atoms with Gasteiger partial charge in [0.25, 0.3) is 0 Å². The summed E-state index contributed by atoms with van der Waals surface area (Å²) in [5, 5.41) is 11.6. The third kappa shape index (κ3) is 6.02. The monoisotopic (exact) mass is 333 g/mol. The van der Waals surface area contributed by atoms with Gasteiger partial charge in [-0.1, -0.05) is 43.2 Å². The van der Waals surface area contributed by atoms with Crippen LogP contribution in [0.3, 0.4) is 0 Å². The first kappa shape index (κ1) is 18.0. The van der Waals surface area contributed by atoms with Crippen molar-refractivity contribution in [1.29, 1.82) is 0 Å². The van der Waals surface area contributed by atoms with Crippen molar-refractivity contribution >= 4 is 17.8 Å². The molecule has 0 heterocycles. The van der Waals surface area contributed by atoms with Crippen LogP contribution in [-0.4, -0.2) is 29.0 Å². The Bertz CT molecular complexity index is 566. The molecule has 1 aromatic carbocycles. The number of hydrogen-bond acceptors (Lipinski definition) is 4. The van der Waals surface area contributed by atoms with Gasteiger partial charge in [-0.2, -0.15) is 0 Å². The van der Waals surface area contributed by atoms with Gasteiger partial charge in [0.15, 0.2) is 0 Å². The van der Waals surface area contributed by atoms with Crippen LogP contribution in [0.5, 0.6) is 0 Å². The van der Waals surface area contributed by atoms with E-state index in [1.165, 1.54) is 0 Å². The van der Waals surface area contributed by atoms with Crippen LogP contribution < -0.4 is 5.32 Å². The lowest BCUT2D eigenvalue weighted by Crippen LogP contribution is -2.42. The molecule has 0 radical (unpaired) electrons. The Balaban J connectivity index is 1.78. The Labute approximate surface area is 141 Å². The number of ether oxygens (including phenoxy) is 1. The summed E-state index contributed by atoms with van der Waals surface area (Å²) in [4.78, 5) is 35.0. The van der Waals surface area contributed by atoms with Crippen LogP contribution in [0.15, 0.2) is 30.3 Å². The van der Waals surface area contributed by atoms with E-state index < -0.39 is 18.0 Å². The maximum atomic E-state index is 11.9. The maximum Gasteiger partial charge on any atom is 0.326 e. The number of benzene rings is 1. The van der Waals surface area contributed by atoms with E-state index in [9.17, 15) is 19.5 Å². The first-order valence-corrected chi connectivity index (χ1v) is 8.26. The van der Waals surface area contributed by atoms with E-state index in [-0.39, 0.29) is 18.9 Å². The number of esters is 1. The maximum absolute atomic E-state index is 11.9. The van der Waals surface area contributed by atoms with Crippen molar-refractivity contribution in [2.45, 2.75) is 51.2 Å². The summed E-state index contributed by atoms with van der Waals surface area (Å²) in [5.74, 6) is -1.87. The third-order valence-corrected chi connectivity index (χ3v) is 4.20. The van der Waals surface area contributed by atoms with E-state index in [2.05, 4.69) is 5.32 Å². The number of aliphatic carboxylic acids is 1. The largest absolute Gasteiger partial charge is 0.480 e. The van der Waals surface area contributed by atoms with Gasteiger partial charge in [0, 0.05) is 6.42 Å². The molecule has 1 aliphatic carbocycles. The number of hydrogen-bond donors (Lipinski definition) is 2. The van der Waals surface area contributed by atoms with E-state index in [4.69, 9.17) is 4.74 Å². The average molecular weight is 333 g/mol. The zero-order chi connectivity index (χ0) is 17.4. The quantitative estimate of drug-likeness (QED) is 0.712. The standard InChI is InChI=1S/C18H23NO5/c20-16(10-13-6-4-5-7-13)19-15(18(22)23)11-17(21)24-12-14-8-2-1-3-9-14/h1-3,8-9,13,15H,4-7,10-12H2,(H,19,20)(H,22,23)/t15-/m1/s1. The van der Waals surface area contributed by atoms with Crippen LogP contribution in [0.25, 0.3) is 0 Å². The zero-order valence-electron chi connectivity index (χ0n) is 13.6. The van der Waals surface area contributed by atoms with E-state index in [1.807, 2.05) is 30.3 Å². The molecule has 2 rings (SSSR count). The minimum absolute atomic E-state index is 0.0854. The van der Waals surface area contributed by atoms with Crippen molar-refractivity contribution in [2.24, 2.45) is 5.92 Å². The van der Waals surface area contributed by atoms with Crippen LogP contribution in [0.4, 0.5) is 0 Å². The van der Waals surface area contributed by atoms with Gasteiger partial charge in [-0.15, -0.1) is 0 Å². The molecular formula is C18H23NO5. The zero-order valence-corrected chi connectivity index (χ0v) is 13.6. The highest BCUT2D eigenvalue weighted by atomic mass is 16.5. The molecule has 0 saturated heterocycles.